The summed E-state index contributed by atoms with van der Waals surface area (Å²) in [5.41, 5.74) is 2.95. The Morgan fingerprint density at radius 3 is 2.81 bits per heavy atom. The number of fused-ring (bicyclic) bond motifs is 1. The average molecular weight is 489 g/mol. The first kappa shape index (κ1) is 23.2. The Balaban J connectivity index is 1.73. The van der Waals surface area contributed by atoms with Gasteiger partial charge in [0, 0.05) is 37.2 Å². The van der Waals surface area contributed by atoms with Gasteiger partial charge in [-0.2, -0.15) is 5.26 Å². The Bertz CT molecular complexity index is 1560. The smallest absolute Gasteiger partial charge is 0.405 e. The van der Waals surface area contributed by atoms with Gasteiger partial charge in [-0.05, 0) is 49.6 Å². The van der Waals surface area contributed by atoms with Crippen molar-refractivity contribution in [1.29, 1.82) is 5.26 Å². The van der Waals surface area contributed by atoms with E-state index in [-0.39, 0.29) is 5.56 Å². The molecule has 0 unspecified atom stereocenters. The molecule has 0 radical (unpaired) electrons. The normalized spacial score (nSPS) is 17.4. The van der Waals surface area contributed by atoms with E-state index in [0.717, 1.165) is 17.1 Å². The highest BCUT2D eigenvalue weighted by atomic mass is 19.2. The van der Waals surface area contributed by atoms with Crippen molar-refractivity contribution < 1.29 is 18.7 Å². The first-order valence-electron chi connectivity index (χ1n) is 11.1. The summed E-state index contributed by atoms with van der Waals surface area (Å²) in [4.78, 5) is 29.9. The molecule has 1 amide bonds. The molecular weight excluding hydrogens is 468 g/mol. The summed E-state index contributed by atoms with van der Waals surface area (Å²) in [6.45, 7) is 4.53. The molecule has 1 aromatic carbocycles. The van der Waals surface area contributed by atoms with Crippen LogP contribution in [0.5, 0.6) is 0 Å². The topological polar surface area (TPSA) is 131 Å². The standard InChI is InChI=1S/C25H21F2N7O2/c1-13-3-5-30-23-20(13)31-22(32-23)17-11-29-10-16(14-7-15(9-28)19(27)18(26)8-14)21(17)34-6-4-25(2,12-34)33-24(35)36/h3,5,7-8,10-11,33H,4,6,12H2,1-2H3,(H,35,36)(H,30,31,32)/t25-/m0/s1. The van der Waals surface area contributed by atoms with E-state index >= 15 is 0 Å². The van der Waals surface area contributed by atoms with Crippen LogP contribution < -0.4 is 10.2 Å². The number of benzene rings is 1. The maximum absolute atomic E-state index is 14.4. The fourth-order valence-corrected chi connectivity index (χ4v) is 4.68. The second-order valence-electron chi connectivity index (χ2n) is 9.09. The molecule has 1 fully saturated rings. The van der Waals surface area contributed by atoms with Gasteiger partial charge in [0.15, 0.2) is 17.3 Å². The zero-order chi connectivity index (χ0) is 25.6. The Morgan fingerprint density at radius 1 is 1.31 bits per heavy atom. The van der Waals surface area contributed by atoms with Gasteiger partial charge < -0.3 is 20.3 Å². The number of nitrogens with one attached hydrogen (secondary N) is 2. The summed E-state index contributed by atoms with van der Waals surface area (Å²) in [5.74, 6) is -1.90. The first-order valence-corrected chi connectivity index (χ1v) is 11.1. The largest absolute Gasteiger partial charge is 0.465 e. The third kappa shape index (κ3) is 3.96. The Kier molecular flexibility index (Phi) is 5.51. The number of aromatic nitrogens is 4. The number of hydrogen-bond acceptors (Lipinski definition) is 6. The van der Waals surface area contributed by atoms with Crippen molar-refractivity contribution in [3.05, 3.63) is 59.6 Å². The molecule has 0 bridgehead atoms. The lowest BCUT2D eigenvalue weighted by molar-refractivity contribution is 0.182. The second kappa shape index (κ2) is 8.57. The van der Waals surface area contributed by atoms with Crippen LogP contribution in [0.4, 0.5) is 19.3 Å². The fraction of sp³-hybridized carbons (Fsp3) is 0.240. The van der Waals surface area contributed by atoms with Crippen molar-refractivity contribution in [2.45, 2.75) is 25.8 Å². The number of rotatable bonds is 4. The Labute approximate surface area is 204 Å². The quantitative estimate of drug-likeness (QED) is 0.388. The number of carboxylic acid groups (broad SMARTS) is 1. The molecule has 182 valence electrons. The van der Waals surface area contributed by atoms with Crippen molar-refractivity contribution >= 4 is 22.9 Å². The van der Waals surface area contributed by atoms with Crippen LogP contribution in [0.15, 0.2) is 36.8 Å². The van der Waals surface area contributed by atoms with Crippen molar-refractivity contribution in [1.82, 2.24) is 25.3 Å². The number of nitriles is 1. The minimum atomic E-state index is -1.22. The first-order chi connectivity index (χ1) is 17.2. The molecule has 11 heteroatoms. The highest BCUT2D eigenvalue weighted by molar-refractivity contribution is 5.91. The Hall–Kier alpha value is -4.59. The third-order valence-corrected chi connectivity index (χ3v) is 6.43. The Morgan fingerprint density at radius 2 is 2.08 bits per heavy atom. The van der Waals surface area contributed by atoms with Gasteiger partial charge in [0.1, 0.15) is 11.9 Å². The molecule has 1 aliphatic heterocycles. The van der Waals surface area contributed by atoms with Crippen LogP contribution in [-0.2, 0) is 0 Å². The second-order valence-corrected chi connectivity index (χ2v) is 9.09. The predicted octanol–water partition coefficient (Wildman–Crippen LogP) is 4.38. The van der Waals surface area contributed by atoms with Crippen LogP contribution in [-0.4, -0.2) is 49.8 Å². The minimum Gasteiger partial charge on any atom is -0.465 e. The van der Waals surface area contributed by atoms with Crippen molar-refractivity contribution in [2.75, 3.05) is 18.0 Å². The van der Waals surface area contributed by atoms with Crippen LogP contribution in [0.25, 0.3) is 33.7 Å². The van der Waals surface area contributed by atoms with E-state index in [1.165, 1.54) is 12.3 Å². The molecule has 0 aliphatic carbocycles. The molecule has 1 aliphatic rings. The SMILES string of the molecule is Cc1ccnc2nc(-c3cncc(-c4cc(F)c(F)c(C#N)c4)c3N3CC[C@](C)(NC(=O)O)C3)[nH]c12. The van der Waals surface area contributed by atoms with Gasteiger partial charge in [-0.3, -0.25) is 4.98 Å². The summed E-state index contributed by atoms with van der Waals surface area (Å²) in [6.07, 6.45) is 4.16. The van der Waals surface area contributed by atoms with Gasteiger partial charge in [0.05, 0.1) is 27.9 Å². The molecular formula is C25H21F2N7O2. The zero-order valence-corrected chi connectivity index (χ0v) is 19.4. The minimum absolute atomic E-state index is 0.264. The maximum Gasteiger partial charge on any atom is 0.405 e. The molecule has 5 rings (SSSR count). The van der Waals surface area contributed by atoms with Crippen LogP contribution in [0, 0.1) is 29.9 Å². The monoisotopic (exact) mass is 489 g/mol. The van der Waals surface area contributed by atoms with E-state index in [1.54, 1.807) is 18.5 Å². The van der Waals surface area contributed by atoms with Gasteiger partial charge >= 0.3 is 6.09 Å². The van der Waals surface area contributed by atoms with Gasteiger partial charge in [0.25, 0.3) is 0 Å². The number of imidazole rings is 1. The molecule has 3 aromatic heterocycles. The molecule has 0 spiro atoms. The van der Waals surface area contributed by atoms with Crippen LogP contribution in [0.2, 0.25) is 0 Å². The zero-order valence-electron chi connectivity index (χ0n) is 19.4. The molecule has 1 saturated heterocycles. The van der Waals surface area contributed by atoms with Gasteiger partial charge in [-0.1, -0.05) is 0 Å². The van der Waals surface area contributed by atoms with Gasteiger partial charge in [-0.25, -0.2) is 23.5 Å². The number of pyridine rings is 2. The molecule has 4 heterocycles. The van der Waals surface area contributed by atoms with Gasteiger partial charge in [-0.15, -0.1) is 0 Å². The van der Waals surface area contributed by atoms with Crippen LogP contribution >= 0.6 is 0 Å². The molecule has 36 heavy (non-hydrogen) atoms. The molecule has 4 aromatic rings. The van der Waals surface area contributed by atoms with E-state index in [0.29, 0.717) is 47.8 Å². The van der Waals surface area contributed by atoms with E-state index in [2.05, 4.69) is 25.3 Å². The number of aromatic amines is 1. The average Bonchev–Trinajstić information content (AvgIpc) is 3.44. The fourth-order valence-electron chi connectivity index (χ4n) is 4.68. The number of halogens is 2. The van der Waals surface area contributed by atoms with Crippen LogP contribution in [0.1, 0.15) is 24.5 Å². The number of H-pyrrole nitrogens is 1. The lowest BCUT2D eigenvalue weighted by Gasteiger charge is -2.28. The van der Waals surface area contributed by atoms with E-state index < -0.39 is 28.8 Å². The molecule has 1 atom stereocenters. The number of hydrogen-bond donors (Lipinski definition) is 3. The van der Waals surface area contributed by atoms with E-state index in [9.17, 15) is 23.9 Å². The van der Waals surface area contributed by atoms with E-state index in [1.807, 2.05) is 24.8 Å². The van der Waals surface area contributed by atoms with Crippen molar-refractivity contribution in [2.24, 2.45) is 0 Å². The summed E-state index contributed by atoms with van der Waals surface area (Å²) < 4.78 is 28.5. The number of amides is 1. The molecule has 3 N–H and O–H groups in total. The summed E-state index contributed by atoms with van der Waals surface area (Å²) >= 11 is 0. The lowest BCUT2D eigenvalue weighted by atomic mass is 9.99. The highest BCUT2D eigenvalue weighted by Crippen LogP contribution is 2.42. The number of aryl methyl sites for hydroxylation is 1. The summed E-state index contributed by atoms with van der Waals surface area (Å²) in [7, 11) is 0. The summed E-state index contributed by atoms with van der Waals surface area (Å²) in [5, 5.41) is 21.2. The van der Waals surface area contributed by atoms with E-state index in [4.69, 9.17) is 0 Å². The third-order valence-electron chi connectivity index (χ3n) is 6.43. The number of anilines is 1. The van der Waals surface area contributed by atoms with Crippen molar-refractivity contribution in [3.63, 3.8) is 0 Å². The van der Waals surface area contributed by atoms with Crippen molar-refractivity contribution in [3.8, 4) is 28.6 Å². The highest BCUT2D eigenvalue weighted by Gasteiger charge is 2.37. The lowest BCUT2D eigenvalue weighted by Crippen LogP contribution is -2.47. The maximum atomic E-state index is 14.4. The summed E-state index contributed by atoms with van der Waals surface area (Å²) in [6, 6.07) is 5.84. The molecule has 0 saturated carbocycles. The van der Waals surface area contributed by atoms with Crippen LogP contribution in [0.3, 0.4) is 0 Å². The number of carbonyl (C=O) groups is 1. The molecule has 9 nitrogen and oxygen atoms in total. The number of nitrogens with zero attached hydrogens (tertiary/aromatic N) is 5. The predicted molar refractivity (Wildman–Crippen MR) is 128 cm³/mol. The van der Waals surface area contributed by atoms with Gasteiger partial charge in [0.2, 0.25) is 0 Å².